The van der Waals surface area contributed by atoms with Crippen molar-refractivity contribution in [3.63, 3.8) is 0 Å². The lowest BCUT2D eigenvalue weighted by Gasteiger charge is -2.03. The van der Waals surface area contributed by atoms with Gasteiger partial charge in [0.25, 0.3) is 11.8 Å². The third-order valence-electron chi connectivity index (χ3n) is 2.67. The van der Waals surface area contributed by atoms with Crippen LogP contribution in [0.2, 0.25) is 0 Å². The molecule has 0 aliphatic carbocycles. The molecular formula is C8H4N6O11. The topological polar surface area (TPSA) is 234 Å². The molecule has 132 valence electrons. The molecule has 0 radical (unpaired) electrons. The second kappa shape index (κ2) is 6.52. The predicted octanol–water partition coefficient (Wildman–Crippen LogP) is 0.559. The summed E-state index contributed by atoms with van der Waals surface area (Å²) in [6, 6.07) is 0. The number of hydrogen-bond donors (Lipinski definition) is 0. The molecule has 0 bridgehead atoms. The molecule has 2 aromatic heterocycles. The summed E-state index contributed by atoms with van der Waals surface area (Å²) in [7, 11) is 0. The van der Waals surface area contributed by atoms with Crippen LogP contribution in [0.3, 0.4) is 0 Å². The van der Waals surface area contributed by atoms with Crippen molar-refractivity contribution in [1.82, 2.24) is 10.3 Å². The van der Waals surface area contributed by atoms with Gasteiger partial charge in [-0.25, -0.2) is 0 Å². The molecule has 0 spiro atoms. The Morgan fingerprint density at radius 2 is 1.08 bits per heavy atom. The molecule has 2 heterocycles. The summed E-state index contributed by atoms with van der Waals surface area (Å²) in [6.07, 6.45) is -3.94. The van der Waals surface area contributed by atoms with Gasteiger partial charge in [-0.3, -0.25) is 40.5 Å². The van der Waals surface area contributed by atoms with Gasteiger partial charge in [0, 0.05) is 0 Å². The maximum atomic E-state index is 10.8. The number of nitro groups is 4. The quantitative estimate of drug-likeness (QED) is 0.355. The highest BCUT2D eigenvalue weighted by Gasteiger charge is 2.44. The van der Waals surface area contributed by atoms with Gasteiger partial charge >= 0.3 is 12.3 Å². The third-order valence-corrected chi connectivity index (χ3v) is 2.67. The summed E-state index contributed by atoms with van der Waals surface area (Å²) in [5, 5.41) is 49.4. The zero-order valence-electron chi connectivity index (χ0n) is 11.5. The lowest BCUT2D eigenvalue weighted by atomic mass is 10.2. The Bertz CT molecular complexity index is 745. The first-order chi connectivity index (χ1) is 11.7. The van der Waals surface area contributed by atoms with Crippen LogP contribution in [0.15, 0.2) is 21.6 Å². The lowest BCUT2D eigenvalue weighted by Crippen LogP contribution is -2.20. The van der Waals surface area contributed by atoms with Crippen molar-refractivity contribution in [3.8, 4) is 11.8 Å². The number of ether oxygens (including phenoxy) is 1. The van der Waals surface area contributed by atoms with Crippen LogP contribution in [-0.2, 0) is 0 Å². The minimum Gasteiger partial charge on any atom is -0.413 e. The summed E-state index contributed by atoms with van der Waals surface area (Å²) < 4.78 is 13.6. The molecule has 2 aromatic rings. The van der Waals surface area contributed by atoms with Crippen molar-refractivity contribution < 1.29 is 33.5 Å². The number of rotatable bonds is 8. The fourth-order valence-corrected chi connectivity index (χ4v) is 1.67. The van der Waals surface area contributed by atoms with Crippen LogP contribution < -0.4 is 4.74 Å². The molecule has 0 fully saturated rings. The van der Waals surface area contributed by atoms with E-state index in [1.807, 2.05) is 0 Å². The summed E-state index contributed by atoms with van der Waals surface area (Å²) in [4.78, 5) is 38.0. The summed E-state index contributed by atoms with van der Waals surface area (Å²) in [6.45, 7) is 0. The van der Waals surface area contributed by atoms with Gasteiger partial charge in [0.1, 0.15) is 32.2 Å². The lowest BCUT2D eigenvalue weighted by molar-refractivity contribution is -0.752. The molecule has 0 aromatic carbocycles. The van der Waals surface area contributed by atoms with Gasteiger partial charge in [0.15, 0.2) is 0 Å². The van der Waals surface area contributed by atoms with Gasteiger partial charge in [-0.05, 0) is 10.3 Å². The van der Waals surface area contributed by atoms with Crippen LogP contribution in [0.4, 0.5) is 0 Å². The van der Waals surface area contributed by atoms with Crippen LogP contribution in [0.5, 0.6) is 11.8 Å². The maximum Gasteiger partial charge on any atom is 0.485 e. The van der Waals surface area contributed by atoms with Gasteiger partial charge in [-0.2, -0.15) is 0 Å². The van der Waals surface area contributed by atoms with E-state index in [0.29, 0.717) is 12.5 Å². The highest BCUT2D eigenvalue weighted by Crippen LogP contribution is 2.34. The molecule has 0 aliphatic heterocycles. The Morgan fingerprint density at radius 3 is 1.36 bits per heavy atom. The van der Waals surface area contributed by atoms with E-state index >= 15 is 0 Å². The largest absolute Gasteiger partial charge is 0.485 e. The first-order valence-electron chi connectivity index (χ1n) is 5.84. The van der Waals surface area contributed by atoms with Crippen LogP contribution >= 0.6 is 0 Å². The van der Waals surface area contributed by atoms with Gasteiger partial charge in [0.05, 0.1) is 0 Å². The molecule has 0 amide bonds. The molecule has 0 saturated carbocycles. The Morgan fingerprint density at radius 1 is 0.760 bits per heavy atom. The molecule has 0 N–H and O–H groups in total. The zero-order chi connectivity index (χ0) is 18.7. The van der Waals surface area contributed by atoms with Crippen molar-refractivity contribution in [3.05, 3.63) is 64.1 Å². The molecule has 0 atom stereocenters. The Labute approximate surface area is 133 Å². The molecule has 0 saturated heterocycles. The number of aromatic nitrogens is 2. The number of nitrogens with zero attached hydrogens (tertiary/aromatic N) is 6. The van der Waals surface area contributed by atoms with Gasteiger partial charge < -0.3 is 13.8 Å². The molecule has 0 aliphatic rings. The van der Waals surface area contributed by atoms with Gasteiger partial charge in [0.2, 0.25) is 11.1 Å². The second-order valence-corrected chi connectivity index (χ2v) is 4.14. The van der Waals surface area contributed by atoms with Crippen molar-refractivity contribution >= 4 is 0 Å². The minimum absolute atomic E-state index is 0.545. The second-order valence-electron chi connectivity index (χ2n) is 4.14. The standard InChI is InChI=1S/C8H4N6O11/c15-11(16)7(12(17)18)3-1-23-9-5(3)25-6-4(2-24-10-6)8(13(19)20)14(21)22/h1-2,7-8H. The highest BCUT2D eigenvalue weighted by molar-refractivity contribution is 5.30. The van der Waals surface area contributed by atoms with Gasteiger partial charge in [-0.1, -0.05) is 0 Å². The fraction of sp³-hybridized carbons (Fsp3) is 0.250. The average Bonchev–Trinajstić information content (AvgIpc) is 3.09. The van der Waals surface area contributed by atoms with E-state index in [1.165, 1.54) is 0 Å². The smallest absolute Gasteiger partial charge is 0.413 e. The highest BCUT2D eigenvalue weighted by atomic mass is 16.7. The van der Waals surface area contributed by atoms with Crippen LogP contribution in [0.1, 0.15) is 23.5 Å². The molecule has 25 heavy (non-hydrogen) atoms. The van der Waals surface area contributed by atoms with E-state index in [-0.39, 0.29) is 0 Å². The monoisotopic (exact) mass is 360 g/mol. The van der Waals surface area contributed by atoms with Crippen molar-refractivity contribution in [2.45, 2.75) is 12.3 Å². The van der Waals surface area contributed by atoms with Crippen LogP contribution in [0.25, 0.3) is 0 Å². The first-order valence-corrected chi connectivity index (χ1v) is 5.84. The van der Waals surface area contributed by atoms with Gasteiger partial charge in [-0.15, -0.1) is 0 Å². The van der Waals surface area contributed by atoms with Crippen LogP contribution in [0, 0.1) is 40.5 Å². The van der Waals surface area contributed by atoms with E-state index < -0.39 is 54.9 Å². The molecule has 2 rings (SSSR count). The zero-order valence-corrected chi connectivity index (χ0v) is 11.5. The van der Waals surface area contributed by atoms with Crippen molar-refractivity contribution in [2.75, 3.05) is 0 Å². The maximum absolute atomic E-state index is 10.8. The fourth-order valence-electron chi connectivity index (χ4n) is 1.67. The van der Waals surface area contributed by atoms with E-state index in [4.69, 9.17) is 4.74 Å². The molecule has 0 unspecified atom stereocenters. The van der Waals surface area contributed by atoms with E-state index in [9.17, 15) is 40.5 Å². The van der Waals surface area contributed by atoms with E-state index in [1.54, 1.807) is 0 Å². The SMILES string of the molecule is O=[N+]([O-])C(c1conc1Oc1nocc1C([N+](=O)[O-])[N+](=O)[O-])[N+](=O)[O-]. The molecule has 17 heteroatoms. The third kappa shape index (κ3) is 3.28. The Hall–Kier alpha value is -4.18. The van der Waals surface area contributed by atoms with E-state index in [0.717, 1.165) is 0 Å². The summed E-state index contributed by atoms with van der Waals surface area (Å²) >= 11 is 0. The van der Waals surface area contributed by atoms with Crippen molar-refractivity contribution in [2.24, 2.45) is 0 Å². The number of hydrogen-bond acceptors (Lipinski definition) is 13. The minimum atomic E-state index is -2.52. The molecule has 17 nitrogen and oxygen atoms in total. The van der Waals surface area contributed by atoms with Crippen molar-refractivity contribution in [1.29, 1.82) is 0 Å². The average molecular weight is 360 g/mol. The van der Waals surface area contributed by atoms with E-state index in [2.05, 4.69) is 19.4 Å². The first kappa shape index (κ1) is 17.2. The summed E-state index contributed by atoms with van der Waals surface area (Å²) in [5.41, 5.74) is -1.49. The Balaban J connectivity index is 2.41. The van der Waals surface area contributed by atoms with Crippen LogP contribution in [-0.4, -0.2) is 30.0 Å². The Kier molecular flexibility index (Phi) is 4.48. The summed E-state index contributed by atoms with van der Waals surface area (Å²) in [5.74, 6) is -1.67. The normalized spacial score (nSPS) is 10.8. The molecular weight excluding hydrogens is 356 g/mol. The predicted molar refractivity (Wildman–Crippen MR) is 66.5 cm³/mol.